The summed E-state index contributed by atoms with van der Waals surface area (Å²) in [7, 11) is 0. The van der Waals surface area contributed by atoms with E-state index in [2.05, 4.69) is 116 Å². The highest BCUT2D eigenvalue weighted by atomic mass is 16.7. The molecule has 0 radical (unpaired) electrons. The minimum absolute atomic E-state index is 0.190. The molecule has 0 bridgehead atoms. The maximum Gasteiger partial charge on any atom is 0.220 e. The van der Waals surface area contributed by atoms with Crippen molar-refractivity contribution in [2.75, 3.05) is 13.2 Å². The highest BCUT2D eigenvalue weighted by Gasteiger charge is 2.44. The number of hydrogen-bond acceptors (Lipinski definition) is 8. The van der Waals surface area contributed by atoms with Crippen molar-refractivity contribution < 1.29 is 39.8 Å². The Hall–Kier alpha value is -3.15. The number of rotatable bonds is 57. The standard InChI is InChI=1S/C72H125NO8/c1-3-5-7-9-11-13-15-17-19-21-23-24-25-26-27-28-29-30-31-32-33-34-35-36-37-38-39-40-41-42-44-46-48-50-52-54-56-58-60-62-68(76)73-65(64-80-72-71(79)70(78)69(77)67(63-74)81-72)66(75)61-59-57-55-53-51-49-47-45-43-22-20-18-16-14-12-10-8-6-4-2/h5,7,11,13,17,19,23-24,26-27,29-30,43,45,51,53,59,61,65-67,69-72,74-75,77-79H,3-4,6,8-10,12,14-16,18,20-22,25,28,31-42,44,46-50,52,54-58,60,62-64H2,1-2H3,(H,73,76)/b7-5-,13-11-,19-17-,24-23-,27-26-,30-29-,45-43+,53-51+,61-59+. The van der Waals surface area contributed by atoms with E-state index in [1.807, 2.05) is 6.08 Å². The van der Waals surface area contributed by atoms with E-state index < -0.39 is 49.5 Å². The first-order valence-electron chi connectivity index (χ1n) is 33.6. The summed E-state index contributed by atoms with van der Waals surface area (Å²) >= 11 is 0. The molecule has 6 N–H and O–H groups in total. The molecule has 1 aliphatic rings. The number of nitrogens with one attached hydrogen (secondary N) is 1. The summed E-state index contributed by atoms with van der Waals surface area (Å²) in [6.45, 7) is 3.65. The fraction of sp³-hybridized carbons (Fsp3) is 0.736. The fourth-order valence-electron chi connectivity index (χ4n) is 10.1. The van der Waals surface area contributed by atoms with Crippen molar-refractivity contribution in [2.24, 2.45) is 0 Å². The summed E-state index contributed by atoms with van der Waals surface area (Å²) in [4.78, 5) is 13.1. The fourth-order valence-corrected chi connectivity index (χ4v) is 10.1. The number of ether oxygens (including phenoxy) is 2. The molecule has 0 saturated carbocycles. The summed E-state index contributed by atoms with van der Waals surface area (Å²) in [6, 6.07) is -0.833. The monoisotopic (exact) mass is 1130 g/mol. The Bertz CT molecular complexity index is 1640. The van der Waals surface area contributed by atoms with Gasteiger partial charge in [0.15, 0.2) is 6.29 Å². The average molecular weight is 1130 g/mol. The Morgan fingerprint density at radius 3 is 1.19 bits per heavy atom. The van der Waals surface area contributed by atoms with Crippen LogP contribution in [0.15, 0.2) is 109 Å². The van der Waals surface area contributed by atoms with Crippen LogP contribution < -0.4 is 5.32 Å². The molecule has 1 rings (SSSR count). The lowest BCUT2D eigenvalue weighted by atomic mass is 9.99. The summed E-state index contributed by atoms with van der Waals surface area (Å²) in [5.74, 6) is -0.190. The molecule has 81 heavy (non-hydrogen) atoms. The number of hydrogen-bond donors (Lipinski definition) is 6. The number of carbonyl (C=O) groups is 1. The first kappa shape index (κ1) is 75.9. The van der Waals surface area contributed by atoms with Crippen molar-refractivity contribution in [3.63, 3.8) is 0 Å². The predicted molar refractivity (Wildman–Crippen MR) is 345 cm³/mol. The van der Waals surface area contributed by atoms with E-state index in [1.165, 1.54) is 180 Å². The van der Waals surface area contributed by atoms with Crippen LogP contribution in [0.1, 0.15) is 284 Å². The molecule has 0 aliphatic carbocycles. The predicted octanol–water partition coefficient (Wildman–Crippen LogP) is 18.1. The molecule has 7 atom stereocenters. The summed E-state index contributed by atoms with van der Waals surface area (Å²) < 4.78 is 11.3. The van der Waals surface area contributed by atoms with Crippen LogP contribution in [-0.2, 0) is 14.3 Å². The summed E-state index contributed by atoms with van der Waals surface area (Å²) in [6.07, 6.45) is 81.9. The van der Waals surface area contributed by atoms with Crippen molar-refractivity contribution in [3.8, 4) is 0 Å². The molecule has 1 fully saturated rings. The molecular weight excluding hydrogens is 1010 g/mol. The third-order valence-electron chi connectivity index (χ3n) is 15.3. The van der Waals surface area contributed by atoms with Crippen LogP contribution in [0.25, 0.3) is 0 Å². The van der Waals surface area contributed by atoms with Gasteiger partial charge in [-0.1, -0.05) is 290 Å². The smallest absolute Gasteiger partial charge is 0.220 e. The van der Waals surface area contributed by atoms with Gasteiger partial charge in [-0.25, -0.2) is 0 Å². The lowest BCUT2D eigenvalue weighted by molar-refractivity contribution is -0.302. The second-order valence-electron chi connectivity index (χ2n) is 22.9. The third-order valence-corrected chi connectivity index (χ3v) is 15.3. The molecule has 466 valence electrons. The van der Waals surface area contributed by atoms with Gasteiger partial charge >= 0.3 is 0 Å². The Balaban J connectivity index is 2.11. The maximum atomic E-state index is 13.1. The van der Waals surface area contributed by atoms with Gasteiger partial charge in [-0.3, -0.25) is 4.79 Å². The van der Waals surface area contributed by atoms with Crippen molar-refractivity contribution in [3.05, 3.63) is 109 Å². The Morgan fingerprint density at radius 1 is 0.432 bits per heavy atom. The number of carbonyl (C=O) groups excluding carboxylic acids is 1. The zero-order valence-corrected chi connectivity index (χ0v) is 52.0. The molecule has 0 aromatic rings. The minimum Gasteiger partial charge on any atom is -0.394 e. The van der Waals surface area contributed by atoms with Gasteiger partial charge < -0.3 is 40.3 Å². The van der Waals surface area contributed by atoms with Crippen LogP contribution in [0.3, 0.4) is 0 Å². The minimum atomic E-state index is -1.58. The number of aliphatic hydroxyl groups excluding tert-OH is 5. The highest BCUT2D eigenvalue weighted by molar-refractivity contribution is 5.76. The van der Waals surface area contributed by atoms with Crippen LogP contribution in [0.4, 0.5) is 0 Å². The van der Waals surface area contributed by atoms with Crippen molar-refractivity contribution in [1.82, 2.24) is 5.32 Å². The van der Waals surface area contributed by atoms with E-state index in [4.69, 9.17) is 9.47 Å². The van der Waals surface area contributed by atoms with E-state index >= 15 is 0 Å². The molecule has 1 saturated heterocycles. The first-order chi connectivity index (χ1) is 39.8. The van der Waals surface area contributed by atoms with Crippen molar-refractivity contribution in [2.45, 2.75) is 326 Å². The van der Waals surface area contributed by atoms with Gasteiger partial charge in [-0.05, 0) is 96.3 Å². The maximum absolute atomic E-state index is 13.1. The largest absolute Gasteiger partial charge is 0.394 e. The average Bonchev–Trinajstić information content (AvgIpc) is 3.48. The van der Waals surface area contributed by atoms with Gasteiger partial charge in [0.05, 0.1) is 25.4 Å². The zero-order chi connectivity index (χ0) is 58.6. The van der Waals surface area contributed by atoms with Gasteiger partial charge in [-0.15, -0.1) is 0 Å². The van der Waals surface area contributed by atoms with E-state index in [0.29, 0.717) is 6.42 Å². The molecule has 0 aromatic heterocycles. The molecular formula is C72H125NO8. The van der Waals surface area contributed by atoms with Crippen LogP contribution in [-0.4, -0.2) is 87.5 Å². The van der Waals surface area contributed by atoms with Crippen LogP contribution in [0, 0.1) is 0 Å². The second kappa shape index (κ2) is 60.0. The van der Waals surface area contributed by atoms with E-state index in [9.17, 15) is 30.3 Å². The second-order valence-corrected chi connectivity index (χ2v) is 22.9. The van der Waals surface area contributed by atoms with Gasteiger partial charge in [0.2, 0.25) is 5.91 Å². The molecule has 1 heterocycles. The summed E-state index contributed by atoms with van der Waals surface area (Å²) in [5.41, 5.74) is 0. The van der Waals surface area contributed by atoms with E-state index in [1.54, 1.807) is 6.08 Å². The first-order valence-corrected chi connectivity index (χ1v) is 33.6. The quantitative estimate of drug-likeness (QED) is 0.0261. The molecule has 0 aromatic carbocycles. The molecule has 0 spiro atoms. The van der Waals surface area contributed by atoms with E-state index in [-0.39, 0.29) is 12.5 Å². The molecule has 1 amide bonds. The molecule has 9 heteroatoms. The normalized spacial score (nSPS) is 19.1. The third kappa shape index (κ3) is 48.9. The van der Waals surface area contributed by atoms with Crippen LogP contribution >= 0.6 is 0 Å². The van der Waals surface area contributed by atoms with Crippen LogP contribution in [0.5, 0.6) is 0 Å². The van der Waals surface area contributed by atoms with E-state index in [0.717, 1.165) is 83.5 Å². The topological polar surface area (TPSA) is 149 Å². The Labute approximate surface area is 497 Å². The number of amides is 1. The lowest BCUT2D eigenvalue weighted by Gasteiger charge is -2.40. The number of unbranched alkanes of at least 4 members (excludes halogenated alkanes) is 31. The van der Waals surface area contributed by atoms with Crippen LogP contribution in [0.2, 0.25) is 0 Å². The SMILES string of the molecule is CC/C=C\C/C=C\C/C=C\C/C=C\C/C=C\C/C=C\CCCCCCCCCCCCCCCCCCCCCCC(=O)NC(COC1OC(CO)C(O)C(O)C1O)C(O)/C=C/CC/C=C/CC/C=C/CCCCCCCCCCC. The van der Waals surface area contributed by atoms with Crippen molar-refractivity contribution in [1.29, 1.82) is 0 Å². The van der Waals surface area contributed by atoms with Gasteiger partial charge in [0.25, 0.3) is 0 Å². The highest BCUT2D eigenvalue weighted by Crippen LogP contribution is 2.23. The number of aliphatic hydroxyl groups is 5. The lowest BCUT2D eigenvalue weighted by Crippen LogP contribution is -2.60. The number of allylic oxidation sites excluding steroid dienone is 17. The summed E-state index contributed by atoms with van der Waals surface area (Å²) in [5, 5.41) is 54.6. The van der Waals surface area contributed by atoms with Gasteiger partial charge in [-0.2, -0.15) is 0 Å². The molecule has 7 unspecified atom stereocenters. The van der Waals surface area contributed by atoms with Crippen molar-refractivity contribution >= 4 is 5.91 Å². The van der Waals surface area contributed by atoms with Gasteiger partial charge in [0.1, 0.15) is 24.4 Å². The van der Waals surface area contributed by atoms with Gasteiger partial charge in [0, 0.05) is 6.42 Å². The molecule has 1 aliphatic heterocycles. The zero-order valence-electron chi connectivity index (χ0n) is 52.0. The Kier molecular flexibility index (Phi) is 56.2. The Morgan fingerprint density at radius 2 is 0.778 bits per heavy atom. The molecule has 9 nitrogen and oxygen atoms in total.